The van der Waals surface area contributed by atoms with Crippen LogP contribution in [-0.2, 0) is 4.79 Å². The van der Waals surface area contributed by atoms with Crippen molar-refractivity contribution in [2.75, 3.05) is 10.2 Å². The summed E-state index contributed by atoms with van der Waals surface area (Å²) in [5.74, 6) is -0.214. The number of amides is 1. The van der Waals surface area contributed by atoms with Gasteiger partial charge in [-0.15, -0.1) is 0 Å². The first-order chi connectivity index (χ1) is 14.8. The number of aromatic amines is 1. The van der Waals surface area contributed by atoms with Crippen molar-refractivity contribution in [2.45, 2.75) is 32.9 Å². The molecular weight excluding hydrogens is 430 g/mol. The molecule has 0 radical (unpaired) electrons. The number of anilines is 2. The van der Waals surface area contributed by atoms with E-state index in [1.165, 1.54) is 0 Å². The molecule has 3 N–H and O–H groups in total. The van der Waals surface area contributed by atoms with Crippen LogP contribution >= 0.6 is 23.8 Å². The van der Waals surface area contributed by atoms with Crippen molar-refractivity contribution in [3.8, 4) is 0 Å². The maximum absolute atomic E-state index is 12.1. The standard InChI is InChI=1S/C23H24ClN5OS/c1-13(2)22(30)27-17-10-8-15(12-16(17)24)29-21(19-9-7-14(3)26-19)20(28-23(29)31)18-6-4-5-11-25-18/h4-13,20-21,26H,1-3H3,(H,27,30)(H,28,31)/t20-,21-/m1/s1. The minimum absolute atomic E-state index is 0.0806. The van der Waals surface area contributed by atoms with Crippen LogP contribution < -0.4 is 15.5 Å². The van der Waals surface area contributed by atoms with E-state index >= 15 is 0 Å². The Balaban J connectivity index is 1.73. The van der Waals surface area contributed by atoms with Gasteiger partial charge < -0.3 is 20.5 Å². The monoisotopic (exact) mass is 453 g/mol. The van der Waals surface area contributed by atoms with Crippen molar-refractivity contribution < 1.29 is 4.79 Å². The number of nitrogens with one attached hydrogen (secondary N) is 3. The molecule has 0 bridgehead atoms. The van der Waals surface area contributed by atoms with Gasteiger partial charge in [0.25, 0.3) is 0 Å². The molecular formula is C23H24ClN5OS. The number of aromatic nitrogens is 2. The minimum Gasteiger partial charge on any atom is -0.361 e. The Hall–Kier alpha value is -2.90. The Bertz CT molecular complexity index is 1110. The summed E-state index contributed by atoms with van der Waals surface area (Å²) >= 11 is 12.3. The van der Waals surface area contributed by atoms with Gasteiger partial charge >= 0.3 is 0 Å². The Morgan fingerprint density at radius 1 is 1.23 bits per heavy atom. The lowest BCUT2D eigenvalue weighted by Gasteiger charge is -2.27. The molecule has 4 rings (SSSR count). The molecule has 31 heavy (non-hydrogen) atoms. The average molecular weight is 454 g/mol. The van der Waals surface area contributed by atoms with Crippen LogP contribution in [0.5, 0.6) is 0 Å². The van der Waals surface area contributed by atoms with Gasteiger partial charge in [0.15, 0.2) is 5.11 Å². The summed E-state index contributed by atoms with van der Waals surface area (Å²) in [6, 6.07) is 15.3. The third-order valence-corrected chi connectivity index (χ3v) is 5.91. The Morgan fingerprint density at radius 3 is 2.65 bits per heavy atom. The molecule has 3 aromatic rings. The number of nitrogens with zero attached hydrogens (tertiary/aromatic N) is 2. The number of carbonyl (C=O) groups is 1. The maximum atomic E-state index is 12.1. The first-order valence-electron chi connectivity index (χ1n) is 10.1. The SMILES string of the molecule is Cc1ccc([C@@H]2[C@@H](c3ccccn3)NC(=S)N2c2ccc(NC(=O)C(C)C)c(Cl)c2)[nH]1. The van der Waals surface area contributed by atoms with Gasteiger partial charge in [-0.25, -0.2) is 0 Å². The number of H-pyrrole nitrogens is 1. The van der Waals surface area contributed by atoms with E-state index in [0.717, 1.165) is 22.8 Å². The van der Waals surface area contributed by atoms with Gasteiger partial charge in [0, 0.05) is 29.2 Å². The zero-order chi connectivity index (χ0) is 22.1. The van der Waals surface area contributed by atoms with E-state index in [2.05, 4.69) is 26.7 Å². The predicted molar refractivity (Wildman–Crippen MR) is 128 cm³/mol. The Kier molecular flexibility index (Phi) is 5.98. The molecule has 1 amide bonds. The molecule has 8 heteroatoms. The number of aryl methyl sites for hydroxylation is 1. The molecule has 1 fully saturated rings. The number of hydrogen-bond acceptors (Lipinski definition) is 3. The molecule has 1 aromatic carbocycles. The number of hydrogen-bond donors (Lipinski definition) is 3. The van der Waals surface area contributed by atoms with Crippen LogP contribution in [0.15, 0.2) is 54.7 Å². The van der Waals surface area contributed by atoms with Gasteiger partial charge in [-0.1, -0.05) is 31.5 Å². The molecule has 0 unspecified atom stereocenters. The van der Waals surface area contributed by atoms with E-state index in [1.54, 1.807) is 6.20 Å². The average Bonchev–Trinajstić information content (AvgIpc) is 3.32. The van der Waals surface area contributed by atoms with Crippen LogP contribution in [0.4, 0.5) is 11.4 Å². The fourth-order valence-corrected chi connectivity index (χ4v) is 4.25. The van der Waals surface area contributed by atoms with Crippen molar-refractivity contribution in [2.24, 2.45) is 5.92 Å². The number of benzene rings is 1. The largest absolute Gasteiger partial charge is 0.361 e. The molecule has 6 nitrogen and oxygen atoms in total. The summed E-state index contributed by atoms with van der Waals surface area (Å²) in [5.41, 5.74) is 4.40. The van der Waals surface area contributed by atoms with Gasteiger partial charge in [0.1, 0.15) is 6.04 Å². The molecule has 0 aliphatic carbocycles. The van der Waals surface area contributed by atoms with Crippen molar-refractivity contribution in [3.05, 3.63) is 76.8 Å². The summed E-state index contributed by atoms with van der Waals surface area (Å²) in [5, 5.41) is 7.33. The zero-order valence-corrected chi connectivity index (χ0v) is 19.1. The molecule has 160 valence electrons. The fraction of sp³-hybridized carbons (Fsp3) is 0.261. The fourth-order valence-electron chi connectivity index (χ4n) is 3.68. The minimum atomic E-state index is -0.136. The zero-order valence-electron chi connectivity index (χ0n) is 17.5. The highest BCUT2D eigenvalue weighted by molar-refractivity contribution is 7.80. The van der Waals surface area contributed by atoms with Crippen LogP contribution in [-0.4, -0.2) is 21.0 Å². The lowest BCUT2D eigenvalue weighted by molar-refractivity contribution is -0.118. The highest BCUT2D eigenvalue weighted by Gasteiger charge is 2.41. The molecule has 0 spiro atoms. The quantitative estimate of drug-likeness (QED) is 0.466. The highest BCUT2D eigenvalue weighted by Crippen LogP contribution is 2.42. The van der Waals surface area contributed by atoms with Gasteiger partial charge in [0.05, 0.1) is 22.4 Å². The van der Waals surface area contributed by atoms with Gasteiger partial charge in [-0.3, -0.25) is 9.78 Å². The van der Waals surface area contributed by atoms with Crippen molar-refractivity contribution in [1.29, 1.82) is 0 Å². The van der Waals surface area contributed by atoms with Crippen molar-refractivity contribution in [3.63, 3.8) is 0 Å². The predicted octanol–water partition coefficient (Wildman–Crippen LogP) is 5.14. The van der Waals surface area contributed by atoms with E-state index in [-0.39, 0.29) is 23.9 Å². The number of halogens is 1. The highest BCUT2D eigenvalue weighted by atomic mass is 35.5. The second-order valence-electron chi connectivity index (χ2n) is 7.90. The molecule has 2 aromatic heterocycles. The van der Waals surface area contributed by atoms with Crippen LogP contribution in [0.3, 0.4) is 0 Å². The lowest BCUT2D eigenvalue weighted by atomic mass is 10.0. The van der Waals surface area contributed by atoms with Crippen LogP contribution in [0.1, 0.15) is 43.0 Å². The Labute approximate surface area is 192 Å². The topological polar surface area (TPSA) is 73.1 Å². The summed E-state index contributed by atoms with van der Waals surface area (Å²) in [6.45, 7) is 5.70. The number of thiocarbonyl (C=S) groups is 1. The molecule has 0 saturated carbocycles. The first-order valence-corrected chi connectivity index (χ1v) is 10.9. The molecule has 1 aliphatic heterocycles. The Morgan fingerprint density at radius 2 is 2.03 bits per heavy atom. The van der Waals surface area contributed by atoms with Gasteiger partial charge in [-0.2, -0.15) is 0 Å². The molecule has 1 saturated heterocycles. The number of rotatable bonds is 5. The first kappa shape index (κ1) is 21.3. The summed E-state index contributed by atoms with van der Waals surface area (Å²) in [7, 11) is 0. The second-order valence-corrected chi connectivity index (χ2v) is 8.70. The van der Waals surface area contributed by atoms with E-state index in [0.29, 0.717) is 15.8 Å². The van der Waals surface area contributed by atoms with Crippen LogP contribution in [0.2, 0.25) is 5.02 Å². The third kappa shape index (κ3) is 4.29. The molecule has 2 atom stereocenters. The second kappa shape index (κ2) is 8.69. The maximum Gasteiger partial charge on any atom is 0.226 e. The van der Waals surface area contributed by atoms with Crippen LogP contribution in [0.25, 0.3) is 0 Å². The van der Waals surface area contributed by atoms with Gasteiger partial charge in [0.2, 0.25) is 5.91 Å². The van der Waals surface area contributed by atoms with E-state index in [1.807, 2.05) is 68.1 Å². The number of pyridine rings is 1. The van der Waals surface area contributed by atoms with E-state index in [4.69, 9.17) is 23.8 Å². The van der Waals surface area contributed by atoms with Crippen molar-refractivity contribution >= 4 is 46.2 Å². The summed E-state index contributed by atoms with van der Waals surface area (Å²) < 4.78 is 0. The lowest BCUT2D eigenvalue weighted by Crippen LogP contribution is -2.29. The smallest absolute Gasteiger partial charge is 0.226 e. The summed E-state index contributed by atoms with van der Waals surface area (Å²) in [6.07, 6.45) is 1.78. The van der Waals surface area contributed by atoms with E-state index in [9.17, 15) is 4.79 Å². The molecule has 1 aliphatic rings. The summed E-state index contributed by atoms with van der Waals surface area (Å²) in [4.78, 5) is 22.1. The van der Waals surface area contributed by atoms with Gasteiger partial charge in [-0.05, 0) is 61.6 Å². The van der Waals surface area contributed by atoms with E-state index < -0.39 is 0 Å². The van der Waals surface area contributed by atoms with Crippen LogP contribution in [0, 0.1) is 12.8 Å². The molecule has 3 heterocycles. The number of carbonyl (C=O) groups excluding carboxylic acids is 1. The normalized spacial score (nSPS) is 18.4. The van der Waals surface area contributed by atoms with Crippen molar-refractivity contribution in [1.82, 2.24) is 15.3 Å². The third-order valence-electron chi connectivity index (χ3n) is 5.28.